The van der Waals surface area contributed by atoms with Crippen LogP contribution in [0.3, 0.4) is 0 Å². The van der Waals surface area contributed by atoms with Crippen molar-refractivity contribution in [3.05, 3.63) is 65.2 Å². The number of benzene rings is 2. The van der Waals surface area contributed by atoms with Crippen LogP contribution in [0.25, 0.3) is 0 Å². The first-order valence-electron chi connectivity index (χ1n) is 6.29. The van der Waals surface area contributed by atoms with E-state index in [0.717, 1.165) is 12.1 Å². The topological polar surface area (TPSA) is 52.3 Å². The van der Waals surface area contributed by atoms with E-state index in [4.69, 9.17) is 10.3 Å². The smallest absolute Gasteiger partial charge is 0.228 e. The largest absolute Gasteiger partial charge is 0.329 e. The van der Waals surface area contributed by atoms with Crippen molar-refractivity contribution in [1.82, 2.24) is 0 Å². The summed E-state index contributed by atoms with van der Waals surface area (Å²) in [6.07, 6.45) is 0. The third-order valence-corrected chi connectivity index (χ3v) is 5.30. The molecule has 22 heavy (non-hydrogen) atoms. The number of hydrogen-bond acceptors (Lipinski definition) is 3. The van der Waals surface area contributed by atoms with Crippen LogP contribution < -0.4 is 11.0 Å². The lowest BCUT2D eigenvalue weighted by molar-refractivity contribution is 0.408. The zero-order valence-electron chi connectivity index (χ0n) is 12.1. The van der Waals surface area contributed by atoms with Crippen LogP contribution >= 0.6 is 19.8 Å². The molecule has 0 spiro atoms. The fourth-order valence-electron chi connectivity index (χ4n) is 1.99. The highest BCUT2D eigenvalue weighted by Crippen LogP contribution is 2.40. The summed E-state index contributed by atoms with van der Waals surface area (Å²) in [5, 5.41) is 0.556. The quantitative estimate of drug-likeness (QED) is 0.859. The lowest BCUT2D eigenvalue weighted by Crippen LogP contribution is -2.15. The van der Waals surface area contributed by atoms with Gasteiger partial charge in [0, 0.05) is 30.7 Å². The molecular weight excluding hydrogens is 331 g/mol. The van der Waals surface area contributed by atoms with Crippen molar-refractivity contribution in [2.75, 3.05) is 13.8 Å². The zero-order valence-corrected chi connectivity index (χ0v) is 13.8. The molecule has 0 heterocycles. The molecule has 0 aromatic heterocycles. The third-order valence-electron chi connectivity index (χ3n) is 3.37. The van der Waals surface area contributed by atoms with Gasteiger partial charge in [-0.1, -0.05) is 18.2 Å². The van der Waals surface area contributed by atoms with Crippen LogP contribution in [-0.2, 0) is 9.09 Å². The van der Waals surface area contributed by atoms with E-state index in [1.54, 1.807) is 24.3 Å². The Bertz CT molecular complexity index is 694. The monoisotopic (exact) mass is 347 g/mol. The summed E-state index contributed by atoms with van der Waals surface area (Å²) in [4.78, 5) is 0. The van der Waals surface area contributed by atoms with Crippen molar-refractivity contribution >= 4 is 25.1 Å². The zero-order chi connectivity index (χ0) is 15.6. The SMILES string of the molecule is COP(C)(=O)c1ccc([C@@H](N)c2ccc(F)cc2F)cc1.Cl. The van der Waals surface area contributed by atoms with Gasteiger partial charge in [-0.2, -0.15) is 0 Å². The Labute approximate surface area is 134 Å². The van der Waals surface area contributed by atoms with Gasteiger partial charge in [-0.05, 0) is 23.8 Å². The third kappa shape index (κ3) is 3.93. The first-order chi connectivity index (χ1) is 9.85. The summed E-state index contributed by atoms with van der Waals surface area (Å²) >= 11 is 0. The van der Waals surface area contributed by atoms with Crippen molar-refractivity contribution in [2.24, 2.45) is 5.73 Å². The number of hydrogen-bond donors (Lipinski definition) is 1. The molecule has 2 aromatic carbocycles. The Hall–Kier alpha value is -1.26. The molecule has 0 radical (unpaired) electrons. The van der Waals surface area contributed by atoms with Crippen LogP contribution in [-0.4, -0.2) is 13.8 Å². The van der Waals surface area contributed by atoms with E-state index in [2.05, 4.69) is 0 Å². The molecule has 0 saturated carbocycles. The van der Waals surface area contributed by atoms with E-state index in [0.29, 0.717) is 10.9 Å². The van der Waals surface area contributed by atoms with Gasteiger partial charge in [0.2, 0.25) is 7.37 Å². The summed E-state index contributed by atoms with van der Waals surface area (Å²) in [6, 6.07) is 9.17. The van der Waals surface area contributed by atoms with Gasteiger partial charge in [-0.15, -0.1) is 12.4 Å². The summed E-state index contributed by atoms with van der Waals surface area (Å²) < 4.78 is 43.7. The molecule has 120 valence electrons. The molecule has 2 aromatic rings. The van der Waals surface area contributed by atoms with E-state index < -0.39 is 25.0 Å². The summed E-state index contributed by atoms with van der Waals surface area (Å²) in [6.45, 7) is 1.52. The Kier molecular flexibility index (Phi) is 6.27. The fraction of sp³-hybridized carbons (Fsp3) is 0.200. The van der Waals surface area contributed by atoms with Crippen molar-refractivity contribution < 1.29 is 17.9 Å². The lowest BCUT2D eigenvalue weighted by atomic mass is 9.99. The van der Waals surface area contributed by atoms with Crippen molar-refractivity contribution in [3.8, 4) is 0 Å². The van der Waals surface area contributed by atoms with E-state index >= 15 is 0 Å². The summed E-state index contributed by atoms with van der Waals surface area (Å²) in [5.74, 6) is -1.34. The second kappa shape index (κ2) is 7.34. The second-order valence-corrected chi connectivity index (χ2v) is 7.34. The van der Waals surface area contributed by atoms with Crippen molar-refractivity contribution in [3.63, 3.8) is 0 Å². The summed E-state index contributed by atoms with van der Waals surface area (Å²) in [7, 11) is -1.45. The Balaban J connectivity index is 0.00000242. The van der Waals surface area contributed by atoms with Crippen LogP contribution in [0, 0.1) is 11.6 Å². The molecule has 0 aliphatic carbocycles. The molecule has 0 fully saturated rings. The molecule has 3 nitrogen and oxygen atoms in total. The molecule has 2 rings (SSSR count). The molecule has 0 aliphatic heterocycles. The molecule has 0 amide bonds. The fourth-order valence-corrected chi connectivity index (χ4v) is 2.89. The standard InChI is InChI=1S/C15H16F2NO2P.ClH/c1-20-21(2,19)12-6-3-10(4-7-12)15(18)13-8-5-11(16)9-14(13)17;/h3-9,15H,18H2,1-2H3;1H/t15-,21?;/m1./s1. The van der Waals surface area contributed by atoms with Gasteiger partial charge >= 0.3 is 0 Å². The van der Waals surface area contributed by atoms with E-state index in [-0.39, 0.29) is 18.0 Å². The number of rotatable bonds is 4. The van der Waals surface area contributed by atoms with Crippen LogP contribution in [0.15, 0.2) is 42.5 Å². The lowest BCUT2D eigenvalue weighted by Gasteiger charge is -2.15. The maximum absolute atomic E-state index is 13.7. The molecule has 0 bridgehead atoms. The van der Waals surface area contributed by atoms with Gasteiger partial charge in [-0.25, -0.2) is 8.78 Å². The highest BCUT2D eigenvalue weighted by Gasteiger charge is 2.19. The molecule has 2 N–H and O–H groups in total. The Morgan fingerprint density at radius 3 is 2.23 bits per heavy atom. The van der Waals surface area contributed by atoms with Gasteiger partial charge in [0.15, 0.2) is 0 Å². The number of nitrogens with two attached hydrogens (primary N) is 1. The maximum Gasteiger partial charge on any atom is 0.228 e. The average Bonchev–Trinajstić information content (AvgIpc) is 2.47. The molecule has 1 unspecified atom stereocenters. The highest BCUT2D eigenvalue weighted by atomic mass is 35.5. The first-order valence-corrected chi connectivity index (χ1v) is 8.36. The molecule has 0 aliphatic rings. The van der Waals surface area contributed by atoms with Crippen molar-refractivity contribution in [2.45, 2.75) is 6.04 Å². The van der Waals surface area contributed by atoms with Gasteiger partial charge in [-0.3, -0.25) is 4.57 Å². The highest BCUT2D eigenvalue weighted by molar-refractivity contribution is 7.66. The van der Waals surface area contributed by atoms with Gasteiger partial charge in [0.1, 0.15) is 11.6 Å². The van der Waals surface area contributed by atoms with Crippen LogP contribution in [0.5, 0.6) is 0 Å². The van der Waals surface area contributed by atoms with Gasteiger partial charge in [0.05, 0.1) is 6.04 Å². The molecule has 0 saturated heterocycles. The van der Waals surface area contributed by atoms with Gasteiger partial charge in [0.25, 0.3) is 0 Å². The molecular formula is C15H17ClF2NO2P. The Morgan fingerprint density at radius 2 is 1.73 bits per heavy atom. The predicted octanol–water partition coefficient (Wildman–Crippen LogP) is 3.61. The van der Waals surface area contributed by atoms with E-state index in [1.165, 1.54) is 19.8 Å². The second-order valence-electron chi connectivity index (χ2n) is 4.76. The van der Waals surface area contributed by atoms with E-state index in [9.17, 15) is 13.3 Å². The van der Waals surface area contributed by atoms with Crippen molar-refractivity contribution in [1.29, 1.82) is 0 Å². The normalized spacial score (nSPS) is 14.8. The Morgan fingerprint density at radius 1 is 1.14 bits per heavy atom. The minimum Gasteiger partial charge on any atom is -0.329 e. The minimum absolute atomic E-state index is 0. The minimum atomic E-state index is -2.83. The van der Waals surface area contributed by atoms with Gasteiger partial charge < -0.3 is 10.3 Å². The van der Waals surface area contributed by atoms with Crippen LogP contribution in [0.2, 0.25) is 0 Å². The average molecular weight is 348 g/mol. The summed E-state index contributed by atoms with van der Waals surface area (Å²) in [5.41, 5.74) is 6.84. The predicted molar refractivity (Wildman–Crippen MR) is 86.3 cm³/mol. The molecule has 2 atom stereocenters. The van der Waals surface area contributed by atoms with E-state index in [1.807, 2.05) is 0 Å². The first kappa shape index (κ1) is 18.8. The maximum atomic E-state index is 13.7. The van der Waals surface area contributed by atoms with Crippen LogP contribution in [0.4, 0.5) is 8.78 Å². The number of halogens is 3. The van der Waals surface area contributed by atoms with Crippen LogP contribution in [0.1, 0.15) is 17.2 Å². The molecule has 7 heteroatoms.